The number of amides is 1. The molecule has 222 valence electrons. The van der Waals surface area contributed by atoms with Crippen LogP contribution in [0.5, 0.6) is 11.5 Å². The van der Waals surface area contributed by atoms with Gasteiger partial charge in [0, 0.05) is 11.3 Å². The van der Waals surface area contributed by atoms with Gasteiger partial charge in [-0.15, -0.1) is 10.2 Å². The van der Waals surface area contributed by atoms with E-state index in [2.05, 4.69) is 41.4 Å². The molecule has 1 N–H and O–H groups in total. The predicted molar refractivity (Wildman–Crippen MR) is 174 cm³/mol. The van der Waals surface area contributed by atoms with Crippen molar-refractivity contribution in [1.82, 2.24) is 10.2 Å². The van der Waals surface area contributed by atoms with Crippen molar-refractivity contribution in [1.29, 1.82) is 0 Å². The highest BCUT2D eigenvalue weighted by Crippen LogP contribution is 2.45. The summed E-state index contributed by atoms with van der Waals surface area (Å²) in [6.07, 6.45) is 0.833. The van der Waals surface area contributed by atoms with Crippen LogP contribution in [0.4, 0.5) is 5.13 Å². The third-order valence-electron chi connectivity index (χ3n) is 7.64. The van der Waals surface area contributed by atoms with Crippen molar-refractivity contribution >= 4 is 56.5 Å². The van der Waals surface area contributed by atoms with Gasteiger partial charge in [-0.2, -0.15) is 0 Å². The second kappa shape index (κ2) is 12.5. The quantitative estimate of drug-likeness (QED) is 0.0605. The van der Waals surface area contributed by atoms with Gasteiger partial charge in [0.05, 0.1) is 25.8 Å². The molecule has 2 heterocycles. The lowest BCUT2D eigenvalue weighted by molar-refractivity contribution is -0.132. The molecule has 44 heavy (non-hydrogen) atoms. The third kappa shape index (κ3) is 5.42. The molecule has 5 aromatic rings. The summed E-state index contributed by atoms with van der Waals surface area (Å²) in [4.78, 5) is 28.6. The Bertz CT molecular complexity index is 1900. The van der Waals surface area contributed by atoms with E-state index in [1.165, 1.54) is 47.6 Å². The predicted octanol–water partition coefficient (Wildman–Crippen LogP) is 7.19. The van der Waals surface area contributed by atoms with Crippen LogP contribution in [0.25, 0.3) is 16.5 Å². The number of benzene rings is 4. The number of rotatable bonds is 9. The number of carbonyl (C=O) groups excluding carboxylic acids is 2. The number of hydrogen-bond acceptors (Lipinski definition) is 9. The number of thioether (sulfide) groups is 1. The number of aliphatic hydroxyl groups excluding tert-OH is 1. The number of ether oxygens (including phenoxy) is 2. The smallest absolute Gasteiger partial charge is 0.301 e. The van der Waals surface area contributed by atoms with Gasteiger partial charge in [-0.1, -0.05) is 96.8 Å². The van der Waals surface area contributed by atoms with Crippen LogP contribution in [0.1, 0.15) is 35.2 Å². The van der Waals surface area contributed by atoms with E-state index in [1.54, 1.807) is 18.2 Å². The minimum atomic E-state index is -0.905. The fourth-order valence-corrected chi connectivity index (χ4v) is 7.21. The van der Waals surface area contributed by atoms with Crippen LogP contribution in [-0.2, 0) is 21.8 Å². The molecule has 1 atom stereocenters. The van der Waals surface area contributed by atoms with Crippen LogP contribution in [0.15, 0.2) is 94.8 Å². The van der Waals surface area contributed by atoms with Gasteiger partial charge >= 0.3 is 5.91 Å². The highest BCUT2D eigenvalue weighted by molar-refractivity contribution is 8.00. The molecule has 0 bridgehead atoms. The molecule has 4 aromatic carbocycles. The average molecular weight is 624 g/mol. The standard InChI is InChI=1S/C34H29N3O5S2/c1-4-20-12-14-22(15-13-20)29-28(30(38)23-16-17-26(41-2)27(18-23)42-3)31(39)32(40)37(29)33-35-36-34(44-33)43-19-24-10-7-9-21-8-5-6-11-25(21)24/h5-18,29,38H,4,19H2,1-3H3. The molecule has 1 unspecified atom stereocenters. The summed E-state index contributed by atoms with van der Waals surface area (Å²) in [6, 6.07) is 26.0. The Labute approximate surface area is 263 Å². The van der Waals surface area contributed by atoms with Crippen molar-refractivity contribution in [3.05, 3.63) is 113 Å². The number of anilines is 1. The number of carbonyl (C=O) groups is 2. The monoisotopic (exact) mass is 623 g/mol. The van der Waals surface area contributed by atoms with Crippen LogP contribution in [0, 0.1) is 0 Å². The Morgan fingerprint density at radius 3 is 2.43 bits per heavy atom. The topological polar surface area (TPSA) is 102 Å². The number of fused-ring (bicyclic) bond motifs is 1. The van der Waals surface area contributed by atoms with Crippen LogP contribution in [0.2, 0.25) is 0 Å². The number of aromatic nitrogens is 2. The second-order valence-corrected chi connectivity index (χ2v) is 12.3. The maximum Gasteiger partial charge on any atom is 0.301 e. The van der Waals surface area contributed by atoms with Gasteiger partial charge in [0.1, 0.15) is 5.76 Å². The van der Waals surface area contributed by atoms with Crippen molar-refractivity contribution in [2.45, 2.75) is 29.5 Å². The molecule has 8 nitrogen and oxygen atoms in total. The summed E-state index contributed by atoms with van der Waals surface area (Å²) in [5, 5.41) is 22.9. The van der Waals surface area contributed by atoms with E-state index in [0.717, 1.165) is 22.9 Å². The average Bonchev–Trinajstić information content (AvgIpc) is 3.64. The van der Waals surface area contributed by atoms with Crippen LogP contribution >= 0.6 is 23.1 Å². The number of aliphatic hydroxyl groups is 1. The highest BCUT2D eigenvalue weighted by Gasteiger charge is 2.48. The van der Waals surface area contributed by atoms with Gasteiger partial charge in [0.25, 0.3) is 5.78 Å². The Hall–Kier alpha value is -4.67. The summed E-state index contributed by atoms with van der Waals surface area (Å²) < 4.78 is 11.4. The summed E-state index contributed by atoms with van der Waals surface area (Å²) in [5.41, 5.74) is 3.22. The van der Waals surface area contributed by atoms with Gasteiger partial charge in [0.2, 0.25) is 5.13 Å². The number of Topliss-reactive ketones (excluding diaryl/α,β-unsaturated/α-hetero) is 1. The number of methoxy groups -OCH3 is 2. The molecule has 1 aliphatic rings. The third-order valence-corrected chi connectivity index (χ3v) is 9.74. The highest BCUT2D eigenvalue weighted by atomic mass is 32.2. The van der Waals surface area contributed by atoms with Crippen molar-refractivity contribution in [2.75, 3.05) is 19.1 Å². The second-order valence-electron chi connectivity index (χ2n) is 10.1. The lowest BCUT2D eigenvalue weighted by Gasteiger charge is -2.22. The first-order valence-electron chi connectivity index (χ1n) is 14.0. The number of ketones is 1. The molecule has 1 aliphatic heterocycles. The van der Waals surface area contributed by atoms with Crippen LogP contribution < -0.4 is 14.4 Å². The van der Waals surface area contributed by atoms with E-state index < -0.39 is 17.7 Å². The zero-order valence-corrected chi connectivity index (χ0v) is 25.9. The van der Waals surface area contributed by atoms with E-state index in [-0.39, 0.29) is 16.5 Å². The summed E-state index contributed by atoms with van der Waals surface area (Å²) in [5.74, 6) is -0.382. The van der Waals surface area contributed by atoms with E-state index in [0.29, 0.717) is 32.7 Å². The number of aryl methyl sites for hydroxylation is 1. The van der Waals surface area contributed by atoms with Gasteiger partial charge in [-0.3, -0.25) is 14.5 Å². The minimum Gasteiger partial charge on any atom is -0.507 e. The van der Waals surface area contributed by atoms with Gasteiger partial charge in [0.15, 0.2) is 15.8 Å². The van der Waals surface area contributed by atoms with E-state index in [9.17, 15) is 14.7 Å². The number of hydrogen-bond donors (Lipinski definition) is 1. The molecule has 1 aromatic heterocycles. The van der Waals surface area contributed by atoms with Crippen molar-refractivity contribution in [3.63, 3.8) is 0 Å². The largest absolute Gasteiger partial charge is 0.507 e. The maximum absolute atomic E-state index is 13.6. The van der Waals surface area contributed by atoms with Gasteiger partial charge < -0.3 is 14.6 Å². The Morgan fingerprint density at radius 1 is 0.932 bits per heavy atom. The summed E-state index contributed by atoms with van der Waals surface area (Å²) >= 11 is 2.76. The minimum absolute atomic E-state index is 0.0355. The van der Waals surface area contributed by atoms with Gasteiger partial charge in [-0.05, 0) is 52.1 Å². The lowest BCUT2D eigenvalue weighted by atomic mass is 9.94. The van der Waals surface area contributed by atoms with Gasteiger partial charge in [-0.25, -0.2) is 0 Å². The first kappa shape index (κ1) is 29.4. The van der Waals surface area contributed by atoms with E-state index >= 15 is 0 Å². The first-order valence-corrected chi connectivity index (χ1v) is 15.8. The SMILES string of the molecule is CCc1ccc(C2C(=C(O)c3ccc(OC)c(OC)c3)C(=O)C(=O)N2c2nnc(SCc3cccc4ccccc34)s2)cc1. The molecule has 1 saturated heterocycles. The molecular weight excluding hydrogens is 595 g/mol. The molecule has 0 saturated carbocycles. The van der Waals surface area contributed by atoms with Crippen LogP contribution in [0.3, 0.4) is 0 Å². The number of nitrogens with zero attached hydrogens (tertiary/aromatic N) is 3. The van der Waals surface area contributed by atoms with Crippen molar-refractivity contribution in [3.8, 4) is 11.5 Å². The fourth-order valence-electron chi connectivity index (χ4n) is 5.34. The van der Waals surface area contributed by atoms with Crippen LogP contribution in [-0.4, -0.2) is 41.2 Å². The molecular formula is C34H29N3O5S2. The summed E-state index contributed by atoms with van der Waals surface area (Å²) in [7, 11) is 3.00. The zero-order chi connectivity index (χ0) is 30.8. The molecule has 0 radical (unpaired) electrons. The van der Waals surface area contributed by atoms with E-state index in [4.69, 9.17) is 9.47 Å². The summed E-state index contributed by atoms with van der Waals surface area (Å²) in [6.45, 7) is 2.05. The lowest BCUT2D eigenvalue weighted by Crippen LogP contribution is -2.29. The first-order chi connectivity index (χ1) is 21.4. The fraction of sp³-hybridized carbons (Fsp3) is 0.176. The van der Waals surface area contributed by atoms with E-state index in [1.807, 2.05) is 42.5 Å². The Balaban J connectivity index is 1.38. The van der Waals surface area contributed by atoms with Crippen molar-refractivity contribution in [2.24, 2.45) is 0 Å². The Kier molecular flexibility index (Phi) is 8.36. The van der Waals surface area contributed by atoms with Crippen molar-refractivity contribution < 1.29 is 24.2 Å². The molecule has 10 heteroatoms. The molecule has 6 rings (SSSR count). The molecule has 1 amide bonds. The maximum atomic E-state index is 13.6. The molecule has 0 spiro atoms. The molecule has 0 aliphatic carbocycles. The zero-order valence-electron chi connectivity index (χ0n) is 24.3. The molecule has 1 fully saturated rings. The Morgan fingerprint density at radius 2 is 1.68 bits per heavy atom. The normalized spacial score (nSPS) is 16.1.